The highest BCUT2D eigenvalue weighted by Gasteiger charge is 2.24. The zero-order valence-corrected chi connectivity index (χ0v) is 25.0. The van der Waals surface area contributed by atoms with Crippen molar-refractivity contribution in [2.45, 2.75) is 73.0 Å². The molecule has 1 atom stereocenters. The van der Waals surface area contributed by atoms with Crippen LogP contribution in [0.5, 0.6) is 0 Å². The molecule has 1 amide bonds. The molecule has 0 radical (unpaired) electrons. The Hall–Kier alpha value is -3.71. The number of aromatic nitrogens is 5. The lowest BCUT2D eigenvalue weighted by Crippen LogP contribution is -2.41. The molecule has 1 aliphatic rings. The molecule has 4 aromatic rings. The summed E-state index contributed by atoms with van der Waals surface area (Å²) >= 11 is 3.26. The summed E-state index contributed by atoms with van der Waals surface area (Å²) in [5.74, 6) is 1.74. The molecule has 1 aliphatic heterocycles. The molecule has 13 heteroatoms. The topological polar surface area (TPSA) is 132 Å². The average molecular weight is 583 g/mol. The number of amides is 1. The summed E-state index contributed by atoms with van der Waals surface area (Å²) in [7, 11) is 0. The summed E-state index contributed by atoms with van der Waals surface area (Å²) < 4.78 is 5.20. The van der Waals surface area contributed by atoms with Crippen LogP contribution in [0.3, 0.4) is 0 Å². The van der Waals surface area contributed by atoms with Crippen LogP contribution in [0.2, 0.25) is 0 Å². The monoisotopic (exact) mass is 582 g/mol. The molecular formula is C27H34N8O3S2. The van der Waals surface area contributed by atoms with Crippen molar-refractivity contribution in [2.75, 3.05) is 11.9 Å². The summed E-state index contributed by atoms with van der Waals surface area (Å²) in [4.78, 5) is 32.6. The Bertz CT molecular complexity index is 1410. The van der Waals surface area contributed by atoms with Gasteiger partial charge in [-0.25, -0.2) is 15.0 Å². The Balaban J connectivity index is 0.000000185. The van der Waals surface area contributed by atoms with Crippen LogP contribution in [0.1, 0.15) is 60.7 Å². The summed E-state index contributed by atoms with van der Waals surface area (Å²) in [5, 5.41) is 18.9. The number of carbonyl (C=O) groups is 1. The summed E-state index contributed by atoms with van der Waals surface area (Å²) in [6, 6.07) is 4.22. The first-order valence-corrected chi connectivity index (χ1v) is 14.8. The first-order chi connectivity index (χ1) is 19.3. The number of likely N-dealkylation sites (tertiary alicyclic amines) is 1. The lowest BCUT2D eigenvalue weighted by atomic mass is 9.97. The number of oxime groups is 1. The average Bonchev–Trinajstić information content (AvgIpc) is 3.66. The van der Waals surface area contributed by atoms with Crippen molar-refractivity contribution < 1.29 is 14.0 Å². The van der Waals surface area contributed by atoms with Crippen LogP contribution in [0.15, 0.2) is 33.3 Å². The van der Waals surface area contributed by atoms with E-state index in [1.165, 1.54) is 0 Å². The Morgan fingerprint density at radius 2 is 2.08 bits per heavy atom. The van der Waals surface area contributed by atoms with Crippen LogP contribution in [0.4, 0.5) is 10.9 Å². The van der Waals surface area contributed by atoms with Crippen LogP contribution in [-0.2, 0) is 16.2 Å². The molecule has 212 valence electrons. The fourth-order valence-corrected chi connectivity index (χ4v) is 5.85. The van der Waals surface area contributed by atoms with Gasteiger partial charge in [0.25, 0.3) is 5.89 Å². The van der Waals surface area contributed by atoms with Gasteiger partial charge in [-0.2, -0.15) is 0 Å². The van der Waals surface area contributed by atoms with E-state index in [1.807, 2.05) is 44.0 Å². The van der Waals surface area contributed by atoms with Crippen LogP contribution in [0, 0.1) is 27.7 Å². The minimum Gasteiger partial charge on any atom is -0.422 e. The van der Waals surface area contributed by atoms with Crippen molar-refractivity contribution in [2.24, 2.45) is 5.16 Å². The van der Waals surface area contributed by atoms with E-state index in [1.54, 1.807) is 29.6 Å². The van der Waals surface area contributed by atoms with E-state index in [-0.39, 0.29) is 12.6 Å². The number of carbonyl (C=O) groups excluding carboxylic acids is 1. The van der Waals surface area contributed by atoms with Crippen molar-refractivity contribution in [3.63, 3.8) is 0 Å². The van der Waals surface area contributed by atoms with E-state index in [0.717, 1.165) is 75.6 Å². The maximum atomic E-state index is 11.0. The lowest BCUT2D eigenvalue weighted by molar-refractivity contribution is -0.120. The predicted molar refractivity (Wildman–Crippen MR) is 157 cm³/mol. The highest BCUT2D eigenvalue weighted by molar-refractivity contribution is 7.16. The molecule has 0 aliphatic carbocycles. The van der Waals surface area contributed by atoms with Crippen molar-refractivity contribution >= 4 is 45.7 Å². The number of nitrogens with one attached hydrogen (secondary N) is 1. The van der Waals surface area contributed by atoms with Crippen molar-refractivity contribution in [3.05, 3.63) is 51.8 Å². The zero-order valence-electron chi connectivity index (χ0n) is 23.4. The smallest absolute Gasteiger partial charge is 0.256 e. The van der Waals surface area contributed by atoms with Crippen LogP contribution < -0.4 is 5.32 Å². The van der Waals surface area contributed by atoms with E-state index >= 15 is 0 Å². The van der Waals surface area contributed by atoms with Gasteiger partial charge in [0.15, 0.2) is 11.7 Å². The fourth-order valence-electron chi connectivity index (χ4n) is 4.19. The van der Waals surface area contributed by atoms with Gasteiger partial charge in [-0.15, -0.1) is 32.9 Å². The van der Waals surface area contributed by atoms with E-state index < -0.39 is 0 Å². The molecule has 0 bridgehead atoms. The number of piperidine rings is 1. The van der Waals surface area contributed by atoms with Gasteiger partial charge >= 0.3 is 0 Å². The van der Waals surface area contributed by atoms with Gasteiger partial charge in [0, 0.05) is 43.9 Å². The van der Waals surface area contributed by atoms with Crippen LogP contribution in [0.25, 0.3) is 10.6 Å². The number of aryl methyl sites for hydroxylation is 4. The molecule has 1 fully saturated rings. The second-order valence-electron chi connectivity index (χ2n) is 9.42. The van der Waals surface area contributed by atoms with Gasteiger partial charge in [-0.3, -0.25) is 4.79 Å². The highest BCUT2D eigenvalue weighted by atomic mass is 32.1. The standard InChI is InChI=1S/C14H14N4S2.C13H20N4O3/c1-8-4-5-12(15-6-8)18-14-17-11(7-19-14)13-9(2)16-10(3)20-13;1-3-4-12-7-11(5-6-17(12)9-18)16-19-8-13-15-14-10(2)20-13/h4-7H,1-3H3,(H,15,17,18);9,12H,3-8H2,1-2H3/b;16-11+/t;12-/m.0/s1. The number of hydrogen-bond acceptors (Lipinski definition) is 12. The van der Waals surface area contributed by atoms with E-state index in [2.05, 4.69) is 47.9 Å². The largest absolute Gasteiger partial charge is 0.422 e. The molecule has 5 rings (SSSR count). The van der Waals surface area contributed by atoms with Crippen molar-refractivity contribution in [3.8, 4) is 10.6 Å². The second kappa shape index (κ2) is 14.1. The molecule has 40 heavy (non-hydrogen) atoms. The number of pyridine rings is 1. The van der Waals surface area contributed by atoms with Gasteiger partial charge in [0.1, 0.15) is 5.82 Å². The molecule has 5 heterocycles. The Morgan fingerprint density at radius 1 is 1.23 bits per heavy atom. The minimum absolute atomic E-state index is 0.181. The van der Waals surface area contributed by atoms with Gasteiger partial charge in [-0.05, 0) is 38.8 Å². The first kappa shape index (κ1) is 29.3. The third-order valence-electron chi connectivity index (χ3n) is 6.09. The summed E-state index contributed by atoms with van der Waals surface area (Å²) in [6.45, 7) is 10.8. The van der Waals surface area contributed by atoms with Crippen LogP contribution >= 0.6 is 22.7 Å². The Morgan fingerprint density at radius 3 is 2.73 bits per heavy atom. The van der Waals surface area contributed by atoms with E-state index in [0.29, 0.717) is 18.3 Å². The molecule has 0 aromatic carbocycles. The van der Waals surface area contributed by atoms with E-state index in [9.17, 15) is 4.79 Å². The molecule has 0 saturated carbocycles. The fraction of sp³-hybridized carbons (Fsp3) is 0.444. The van der Waals surface area contributed by atoms with Gasteiger partial charge < -0.3 is 19.5 Å². The number of anilines is 2. The summed E-state index contributed by atoms with van der Waals surface area (Å²) in [6.07, 6.45) is 6.33. The van der Waals surface area contributed by atoms with Gasteiger partial charge in [-0.1, -0.05) is 24.6 Å². The molecule has 4 aromatic heterocycles. The predicted octanol–water partition coefficient (Wildman–Crippen LogP) is 6.00. The second-order valence-corrected chi connectivity index (χ2v) is 11.5. The number of thiazole rings is 2. The molecule has 0 unspecified atom stereocenters. The first-order valence-electron chi connectivity index (χ1n) is 13.1. The molecule has 1 saturated heterocycles. The quantitative estimate of drug-likeness (QED) is 0.186. The highest BCUT2D eigenvalue weighted by Crippen LogP contribution is 2.32. The van der Waals surface area contributed by atoms with Crippen molar-refractivity contribution in [1.29, 1.82) is 0 Å². The minimum atomic E-state index is 0.181. The SMILES string of the molecule is CCC[C@H]1C/C(=N/OCc2nnc(C)o2)CCN1C=O.Cc1ccc(Nc2nc(-c3sc(C)nc3C)cs2)nc1. The molecule has 0 spiro atoms. The summed E-state index contributed by atoms with van der Waals surface area (Å²) in [5.41, 5.74) is 4.15. The van der Waals surface area contributed by atoms with Gasteiger partial charge in [0.05, 0.1) is 27.0 Å². The number of hydrogen-bond donors (Lipinski definition) is 1. The third kappa shape index (κ3) is 8.15. The number of rotatable bonds is 9. The maximum Gasteiger partial charge on any atom is 0.256 e. The Kier molecular flexibility index (Phi) is 10.3. The van der Waals surface area contributed by atoms with Gasteiger partial charge in [0.2, 0.25) is 12.3 Å². The lowest BCUT2D eigenvalue weighted by Gasteiger charge is -2.33. The number of nitrogens with zero attached hydrogens (tertiary/aromatic N) is 7. The zero-order chi connectivity index (χ0) is 28.5. The van der Waals surface area contributed by atoms with Crippen LogP contribution in [-0.4, -0.2) is 54.8 Å². The van der Waals surface area contributed by atoms with Crippen molar-refractivity contribution in [1.82, 2.24) is 30.0 Å². The van der Waals surface area contributed by atoms with E-state index in [4.69, 9.17) is 9.25 Å². The molecule has 11 nitrogen and oxygen atoms in total. The normalized spacial score (nSPS) is 16.0. The maximum absolute atomic E-state index is 11.0. The molecule has 1 N–H and O–H groups in total. The third-order valence-corrected chi connectivity index (χ3v) is 7.95. The Labute approximate surface area is 241 Å². The molecular weight excluding hydrogens is 548 g/mol.